The smallest absolute Gasteiger partial charge is 0.138 e. The first-order valence-electron chi connectivity index (χ1n) is 4.05. The molecule has 0 saturated carbocycles. The number of ketones is 1. The van der Waals surface area contributed by atoms with Gasteiger partial charge in [-0.1, -0.05) is 6.92 Å². The molecule has 1 rings (SSSR count). The first-order chi connectivity index (χ1) is 5.83. The molecule has 0 amide bonds. The van der Waals surface area contributed by atoms with Crippen molar-refractivity contribution in [2.24, 2.45) is 0 Å². The molecule has 1 aromatic heterocycles. The Labute approximate surface area is 70.8 Å². The number of nitrogens with zero attached hydrogens (tertiary/aromatic N) is 4. The van der Waals surface area contributed by atoms with Crippen LogP contribution in [0.3, 0.4) is 0 Å². The second-order valence-electron chi connectivity index (χ2n) is 2.57. The van der Waals surface area contributed by atoms with Gasteiger partial charge in [-0.3, -0.25) is 4.79 Å². The molecule has 1 aromatic rings. The van der Waals surface area contributed by atoms with Crippen LogP contribution in [0.25, 0.3) is 0 Å². The molecule has 0 unspecified atom stereocenters. The van der Waals surface area contributed by atoms with Crippen molar-refractivity contribution >= 4 is 5.78 Å². The normalized spacial score (nSPS) is 10.1. The number of hydrogen-bond acceptors (Lipinski definition) is 4. The molecule has 0 spiro atoms. The van der Waals surface area contributed by atoms with Crippen molar-refractivity contribution in [1.82, 2.24) is 20.2 Å². The van der Waals surface area contributed by atoms with Crippen LogP contribution in [0.4, 0.5) is 0 Å². The van der Waals surface area contributed by atoms with Gasteiger partial charge in [0, 0.05) is 19.4 Å². The Bertz CT molecular complexity index is 232. The van der Waals surface area contributed by atoms with Crippen LogP contribution < -0.4 is 0 Å². The third-order valence-electron chi connectivity index (χ3n) is 1.63. The predicted molar refractivity (Wildman–Crippen MR) is 42.3 cm³/mol. The van der Waals surface area contributed by atoms with Gasteiger partial charge in [0.1, 0.15) is 12.1 Å². The lowest BCUT2D eigenvalue weighted by Gasteiger charge is -1.97. The lowest BCUT2D eigenvalue weighted by molar-refractivity contribution is -0.118. The summed E-state index contributed by atoms with van der Waals surface area (Å²) in [6.45, 7) is 2.60. The molecule has 0 aliphatic rings. The van der Waals surface area contributed by atoms with E-state index in [1.54, 1.807) is 11.0 Å². The molecule has 0 atom stereocenters. The van der Waals surface area contributed by atoms with Gasteiger partial charge in [0.05, 0.1) is 0 Å². The molecular formula is C7H12N4O. The van der Waals surface area contributed by atoms with Gasteiger partial charge < -0.3 is 0 Å². The molecule has 66 valence electrons. The molecule has 0 saturated heterocycles. The van der Waals surface area contributed by atoms with E-state index in [4.69, 9.17) is 0 Å². The first kappa shape index (κ1) is 8.83. The standard InChI is InChI=1S/C7H12N4O/c1-2-7(12)4-3-5-11-6-8-9-10-11/h6H,2-5H2,1H3. The third kappa shape index (κ3) is 2.77. The van der Waals surface area contributed by atoms with E-state index >= 15 is 0 Å². The minimum atomic E-state index is 0.295. The maximum absolute atomic E-state index is 10.9. The Kier molecular flexibility index (Phi) is 3.37. The predicted octanol–water partition coefficient (Wildman–Crippen LogP) is 0.432. The lowest BCUT2D eigenvalue weighted by atomic mass is 10.2. The number of tetrazole rings is 1. The fourth-order valence-electron chi connectivity index (χ4n) is 0.898. The highest BCUT2D eigenvalue weighted by Gasteiger charge is 1.98. The molecule has 0 aromatic carbocycles. The summed E-state index contributed by atoms with van der Waals surface area (Å²) in [6, 6.07) is 0. The van der Waals surface area contributed by atoms with Gasteiger partial charge in [-0.05, 0) is 16.8 Å². The molecule has 1 heterocycles. The van der Waals surface area contributed by atoms with Gasteiger partial charge in [-0.15, -0.1) is 5.10 Å². The van der Waals surface area contributed by atoms with E-state index in [1.807, 2.05) is 6.92 Å². The summed E-state index contributed by atoms with van der Waals surface area (Å²) in [6.07, 6.45) is 3.61. The van der Waals surface area contributed by atoms with Crippen molar-refractivity contribution in [2.45, 2.75) is 32.7 Å². The molecule has 12 heavy (non-hydrogen) atoms. The fraction of sp³-hybridized carbons (Fsp3) is 0.714. The van der Waals surface area contributed by atoms with Crippen molar-refractivity contribution in [3.8, 4) is 0 Å². The molecule has 0 aliphatic heterocycles. The number of hydrogen-bond donors (Lipinski definition) is 0. The Balaban J connectivity index is 2.15. The Morgan fingerprint density at radius 3 is 3.00 bits per heavy atom. The van der Waals surface area contributed by atoms with Crippen molar-refractivity contribution in [1.29, 1.82) is 0 Å². The molecule has 0 aliphatic carbocycles. The molecular weight excluding hydrogens is 156 g/mol. The van der Waals surface area contributed by atoms with Gasteiger partial charge in [0.25, 0.3) is 0 Å². The first-order valence-corrected chi connectivity index (χ1v) is 4.05. The van der Waals surface area contributed by atoms with Crippen LogP contribution >= 0.6 is 0 Å². The number of aromatic nitrogens is 4. The SMILES string of the molecule is CCC(=O)CCCn1cnnn1. The van der Waals surface area contributed by atoms with Crippen LogP contribution in [0.1, 0.15) is 26.2 Å². The summed E-state index contributed by atoms with van der Waals surface area (Å²) in [4.78, 5) is 10.9. The van der Waals surface area contributed by atoms with Crippen LogP contribution in [0.15, 0.2) is 6.33 Å². The summed E-state index contributed by atoms with van der Waals surface area (Å²) >= 11 is 0. The zero-order valence-electron chi connectivity index (χ0n) is 7.10. The highest BCUT2D eigenvalue weighted by Crippen LogP contribution is 1.96. The van der Waals surface area contributed by atoms with E-state index in [0.717, 1.165) is 13.0 Å². The summed E-state index contributed by atoms with van der Waals surface area (Å²) in [5.74, 6) is 0.295. The maximum atomic E-state index is 10.9. The number of rotatable bonds is 5. The number of Topliss-reactive ketones (excluding diaryl/α,β-unsaturated/α-hetero) is 1. The Morgan fingerprint density at radius 2 is 2.42 bits per heavy atom. The molecule has 0 bridgehead atoms. The number of aryl methyl sites for hydroxylation is 1. The Morgan fingerprint density at radius 1 is 1.58 bits per heavy atom. The monoisotopic (exact) mass is 168 g/mol. The topological polar surface area (TPSA) is 60.7 Å². The van der Waals surface area contributed by atoms with E-state index in [-0.39, 0.29) is 0 Å². The summed E-state index contributed by atoms with van der Waals surface area (Å²) < 4.78 is 1.63. The van der Waals surface area contributed by atoms with Gasteiger partial charge >= 0.3 is 0 Å². The van der Waals surface area contributed by atoms with Crippen LogP contribution in [0, 0.1) is 0 Å². The van der Waals surface area contributed by atoms with Crippen molar-refractivity contribution in [3.63, 3.8) is 0 Å². The summed E-state index contributed by atoms with van der Waals surface area (Å²) in [5, 5.41) is 10.7. The summed E-state index contributed by atoms with van der Waals surface area (Å²) in [7, 11) is 0. The van der Waals surface area contributed by atoms with Crippen molar-refractivity contribution < 1.29 is 4.79 Å². The number of carbonyl (C=O) groups is 1. The van der Waals surface area contributed by atoms with Crippen LogP contribution in [-0.2, 0) is 11.3 Å². The Hall–Kier alpha value is -1.26. The zero-order valence-corrected chi connectivity index (χ0v) is 7.10. The van der Waals surface area contributed by atoms with Gasteiger partial charge in [0.15, 0.2) is 0 Å². The number of carbonyl (C=O) groups excluding carboxylic acids is 1. The second-order valence-corrected chi connectivity index (χ2v) is 2.57. The van der Waals surface area contributed by atoms with Crippen LogP contribution in [-0.4, -0.2) is 26.0 Å². The molecule has 0 N–H and O–H groups in total. The van der Waals surface area contributed by atoms with Crippen LogP contribution in [0.2, 0.25) is 0 Å². The van der Waals surface area contributed by atoms with Gasteiger partial charge in [-0.25, -0.2) is 4.68 Å². The van der Waals surface area contributed by atoms with E-state index in [2.05, 4.69) is 15.5 Å². The van der Waals surface area contributed by atoms with E-state index in [9.17, 15) is 4.79 Å². The average molecular weight is 168 g/mol. The highest BCUT2D eigenvalue weighted by atomic mass is 16.1. The minimum Gasteiger partial charge on any atom is -0.300 e. The highest BCUT2D eigenvalue weighted by molar-refractivity contribution is 5.77. The molecule has 0 radical (unpaired) electrons. The van der Waals surface area contributed by atoms with Crippen molar-refractivity contribution in [2.75, 3.05) is 0 Å². The second kappa shape index (κ2) is 4.58. The molecule has 0 fully saturated rings. The van der Waals surface area contributed by atoms with E-state index in [0.29, 0.717) is 18.6 Å². The largest absolute Gasteiger partial charge is 0.300 e. The van der Waals surface area contributed by atoms with E-state index < -0.39 is 0 Å². The van der Waals surface area contributed by atoms with E-state index in [1.165, 1.54) is 0 Å². The average Bonchev–Trinajstić information content (AvgIpc) is 2.57. The van der Waals surface area contributed by atoms with Crippen molar-refractivity contribution in [3.05, 3.63) is 6.33 Å². The quantitative estimate of drug-likeness (QED) is 0.639. The lowest BCUT2D eigenvalue weighted by Crippen LogP contribution is -2.02. The minimum absolute atomic E-state index is 0.295. The maximum Gasteiger partial charge on any atom is 0.138 e. The zero-order chi connectivity index (χ0) is 8.81. The molecule has 5 heteroatoms. The third-order valence-corrected chi connectivity index (χ3v) is 1.63. The molecule has 5 nitrogen and oxygen atoms in total. The fourth-order valence-corrected chi connectivity index (χ4v) is 0.898. The van der Waals surface area contributed by atoms with Gasteiger partial charge in [0.2, 0.25) is 0 Å². The van der Waals surface area contributed by atoms with Gasteiger partial charge in [-0.2, -0.15) is 0 Å². The van der Waals surface area contributed by atoms with Crippen LogP contribution in [0.5, 0.6) is 0 Å². The summed E-state index contributed by atoms with van der Waals surface area (Å²) in [5.41, 5.74) is 0.